The number of rotatable bonds is 5. The van der Waals surface area contributed by atoms with Crippen LogP contribution in [0.15, 0.2) is 17.0 Å². The fourth-order valence-electron chi connectivity index (χ4n) is 2.48. The van der Waals surface area contributed by atoms with Gasteiger partial charge in [-0.2, -0.15) is 0 Å². The van der Waals surface area contributed by atoms with E-state index in [-0.39, 0.29) is 10.9 Å². The number of aromatic carboxylic acids is 1. The maximum absolute atomic E-state index is 12.4. The molecule has 0 saturated heterocycles. The molecule has 0 spiro atoms. The van der Waals surface area contributed by atoms with Crippen LogP contribution in [-0.2, 0) is 10.0 Å². The Hall–Kier alpha value is -1.60. The van der Waals surface area contributed by atoms with Crippen LogP contribution in [-0.4, -0.2) is 30.6 Å². The first-order chi connectivity index (χ1) is 9.72. The van der Waals surface area contributed by atoms with Gasteiger partial charge in [-0.1, -0.05) is 6.42 Å². The van der Waals surface area contributed by atoms with Crippen molar-refractivity contribution in [1.29, 1.82) is 0 Å². The molecule has 1 aromatic carbocycles. The smallest absolute Gasteiger partial charge is 0.339 e. The number of phenols is 1. The highest BCUT2D eigenvalue weighted by Gasteiger charge is 2.29. The van der Waals surface area contributed by atoms with Crippen LogP contribution < -0.4 is 4.72 Å². The molecule has 1 fully saturated rings. The molecule has 6 nitrogen and oxygen atoms in total. The number of carboxylic acid groups (broad SMARTS) is 1. The molecule has 1 saturated carbocycles. The maximum atomic E-state index is 12.4. The molecule has 0 heterocycles. The molecule has 21 heavy (non-hydrogen) atoms. The van der Waals surface area contributed by atoms with Crippen LogP contribution in [0.2, 0.25) is 0 Å². The minimum absolute atomic E-state index is 0.108. The van der Waals surface area contributed by atoms with Crippen molar-refractivity contribution < 1.29 is 23.4 Å². The predicted molar refractivity (Wildman–Crippen MR) is 76.9 cm³/mol. The fourth-order valence-corrected chi connectivity index (χ4v) is 4.04. The Morgan fingerprint density at radius 2 is 2.00 bits per heavy atom. The molecule has 0 aromatic heterocycles. The molecule has 7 heteroatoms. The molecule has 0 bridgehead atoms. The van der Waals surface area contributed by atoms with Crippen molar-refractivity contribution in [3.05, 3.63) is 23.3 Å². The Morgan fingerprint density at radius 1 is 1.38 bits per heavy atom. The minimum Gasteiger partial charge on any atom is -0.507 e. The summed E-state index contributed by atoms with van der Waals surface area (Å²) in [7, 11) is -3.81. The summed E-state index contributed by atoms with van der Waals surface area (Å²) in [6.45, 7) is 3.34. The number of carbonyl (C=O) groups is 1. The van der Waals surface area contributed by atoms with E-state index in [1.807, 2.05) is 6.92 Å². The number of sulfonamides is 1. The number of hydrogen-bond acceptors (Lipinski definition) is 4. The van der Waals surface area contributed by atoms with Gasteiger partial charge in [-0.05, 0) is 50.3 Å². The molecular formula is C14H19NO5S. The zero-order valence-corrected chi connectivity index (χ0v) is 12.8. The first kappa shape index (κ1) is 15.8. The van der Waals surface area contributed by atoms with E-state index in [9.17, 15) is 18.3 Å². The average Bonchev–Trinajstić information content (AvgIpc) is 2.23. The van der Waals surface area contributed by atoms with Crippen LogP contribution in [0.25, 0.3) is 0 Å². The zero-order chi connectivity index (χ0) is 15.8. The van der Waals surface area contributed by atoms with E-state index in [1.54, 1.807) is 0 Å². The standard InChI is InChI=1S/C14H19NO5S/c1-8-6-12(16)11(14(17)18)7-13(8)21(19,20)15-9(2)10-4-3-5-10/h6-7,9-10,15-16H,3-5H2,1-2H3,(H,17,18). The molecule has 3 N–H and O–H groups in total. The average molecular weight is 313 g/mol. The summed E-state index contributed by atoms with van der Waals surface area (Å²) in [4.78, 5) is 10.9. The van der Waals surface area contributed by atoms with Crippen LogP contribution >= 0.6 is 0 Å². The van der Waals surface area contributed by atoms with Crippen molar-refractivity contribution in [1.82, 2.24) is 4.72 Å². The molecular weight excluding hydrogens is 294 g/mol. The lowest BCUT2D eigenvalue weighted by Gasteiger charge is -2.31. The van der Waals surface area contributed by atoms with E-state index in [4.69, 9.17) is 5.11 Å². The molecule has 116 valence electrons. The molecule has 1 aliphatic rings. The Labute approximate surface area is 123 Å². The highest BCUT2D eigenvalue weighted by Crippen LogP contribution is 2.31. The van der Waals surface area contributed by atoms with Crippen LogP contribution in [0.4, 0.5) is 0 Å². The summed E-state index contributed by atoms with van der Waals surface area (Å²) in [6.07, 6.45) is 3.11. The van der Waals surface area contributed by atoms with Gasteiger partial charge >= 0.3 is 5.97 Å². The second-order valence-corrected chi connectivity index (χ2v) is 7.22. The summed E-state index contributed by atoms with van der Waals surface area (Å²) in [5.74, 6) is -1.47. The third-order valence-corrected chi connectivity index (χ3v) is 5.71. The van der Waals surface area contributed by atoms with Crippen LogP contribution in [0.1, 0.15) is 42.1 Å². The number of benzene rings is 1. The molecule has 0 aliphatic heterocycles. The number of aryl methyl sites for hydroxylation is 1. The molecule has 0 amide bonds. The van der Waals surface area contributed by atoms with Crippen molar-refractivity contribution in [3.63, 3.8) is 0 Å². The summed E-state index contributed by atoms with van der Waals surface area (Å²) in [5.41, 5.74) is -0.108. The second kappa shape index (κ2) is 5.65. The minimum atomic E-state index is -3.81. The number of aromatic hydroxyl groups is 1. The number of carboxylic acids is 1. The monoisotopic (exact) mass is 313 g/mol. The third-order valence-electron chi connectivity index (χ3n) is 4.01. The van der Waals surface area contributed by atoms with E-state index in [2.05, 4.69) is 4.72 Å². The summed E-state index contributed by atoms with van der Waals surface area (Å²) >= 11 is 0. The Kier molecular flexibility index (Phi) is 4.25. The largest absolute Gasteiger partial charge is 0.507 e. The summed E-state index contributed by atoms with van der Waals surface area (Å²) in [5, 5.41) is 18.6. The van der Waals surface area contributed by atoms with Gasteiger partial charge in [0.1, 0.15) is 11.3 Å². The fraction of sp³-hybridized carbons (Fsp3) is 0.500. The third kappa shape index (κ3) is 3.19. The lowest BCUT2D eigenvalue weighted by atomic mass is 9.81. The Balaban J connectivity index is 2.34. The van der Waals surface area contributed by atoms with Crippen LogP contribution in [0, 0.1) is 12.8 Å². The quantitative estimate of drug-likeness (QED) is 0.770. The topological polar surface area (TPSA) is 104 Å². The number of nitrogens with one attached hydrogen (secondary N) is 1. The van der Waals surface area contributed by atoms with Gasteiger partial charge in [0.15, 0.2) is 0 Å². The van der Waals surface area contributed by atoms with E-state index in [0.717, 1.165) is 31.4 Å². The molecule has 1 aliphatic carbocycles. The second-order valence-electron chi connectivity index (χ2n) is 5.54. The highest BCUT2D eigenvalue weighted by atomic mass is 32.2. The molecule has 0 radical (unpaired) electrons. The Bertz CT molecular complexity index is 664. The molecule has 1 atom stereocenters. The van der Waals surface area contributed by atoms with Crippen LogP contribution in [0.3, 0.4) is 0 Å². The molecule has 1 unspecified atom stereocenters. The van der Waals surface area contributed by atoms with Crippen molar-refractivity contribution in [3.8, 4) is 5.75 Å². The normalized spacial score (nSPS) is 17.2. The first-order valence-electron chi connectivity index (χ1n) is 6.81. The van der Waals surface area contributed by atoms with Crippen molar-refractivity contribution in [2.45, 2.75) is 44.0 Å². The SMILES string of the molecule is Cc1cc(O)c(C(=O)O)cc1S(=O)(=O)NC(C)C1CCC1. The predicted octanol–water partition coefficient (Wildman–Crippen LogP) is 1.87. The highest BCUT2D eigenvalue weighted by molar-refractivity contribution is 7.89. The number of hydrogen-bond donors (Lipinski definition) is 3. The van der Waals surface area contributed by atoms with Gasteiger partial charge in [-0.25, -0.2) is 17.9 Å². The van der Waals surface area contributed by atoms with Gasteiger partial charge in [0.25, 0.3) is 0 Å². The van der Waals surface area contributed by atoms with Crippen molar-refractivity contribution >= 4 is 16.0 Å². The summed E-state index contributed by atoms with van der Waals surface area (Å²) in [6, 6.07) is 1.97. The van der Waals surface area contributed by atoms with E-state index in [1.165, 1.54) is 6.92 Å². The molecule has 2 rings (SSSR count). The lowest BCUT2D eigenvalue weighted by molar-refractivity contribution is 0.0693. The summed E-state index contributed by atoms with van der Waals surface area (Å²) < 4.78 is 27.4. The van der Waals surface area contributed by atoms with Crippen molar-refractivity contribution in [2.75, 3.05) is 0 Å². The van der Waals surface area contributed by atoms with E-state index >= 15 is 0 Å². The van der Waals surface area contributed by atoms with Gasteiger partial charge in [0.05, 0.1) is 4.90 Å². The van der Waals surface area contributed by atoms with Gasteiger partial charge in [0.2, 0.25) is 10.0 Å². The maximum Gasteiger partial charge on any atom is 0.339 e. The van der Waals surface area contributed by atoms with Crippen LogP contribution in [0.5, 0.6) is 5.75 Å². The zero-order valence-electron chi connectivity index (χ0n) is 12.0. The van der Waals surface area contributed by atoms with Gasteiger partial charge in [-0.3, -0.25) is 0 Å². The van der Waals surface area contributed by atoms with Crippen molar-refractivity contribution in [2.24, 2.45) is 5.92 Å². The van der Waals surface area contributed by atoms with E-state index in [0.29, 0.717) is 11.5 Å². The lowest BCUT2D eigenvalue weighted by Crippen LogP contribution is -2.40. The van der Waals surface area contributed by atoms with Gasteiger partial charge in [0, 0.05) is 6.04 Å². The van der Waals surface area contributed by atoms with Gasteiger partial charge < -0.3 is 10.2 Å². The Morgan fingerprint density at radius 3 is 2.48 bits per heavy atom. The molecule has 1 aromatic rings. The van der Waals surface area contributed by atoms with E-state index < -0.39 is 27.3 Å². The van der Waals surface area contributed by atoms with Gasteiger partial charge in [-0.15, -0.1) is 0 Å². The first-order valence-corrected chi connectivity index (χ1v) is 8.30.